The Balaban J connectivity index is 1.43. The molecule has 10 heteroatoms. The Kier molecular flexibility index (Phi) is 6.63. The number of carboxylic acids is 1. The topological polar surface area (TPSA) is 83.9 Å². The van der Waals surface area contributed by atoms with Crippen molar-refractivity contribution in [3.8, 4) is 16.9 Å². The first-order chi connectivity index (χ1) is 16.1. The number of carboxylic acid groups (broad SMARTS) is 1. The normalized spacial score (nSPS) is 17.6. The van der Waals surface area contributed by atoms with Crippen LogP contribution in [0.1, 0.15) is 17.5 Å². The Morgan fingerprint density at radius 3 is 2.35 bits per heavy atom. The summed E-state index contributed by atoms with van der Waals surface area (Å²) >= 11 is 0. The standard InChI is InChI=1S/C24H20F3NO5S/c25-20-12-22(27)21(26)11-19(20)17-4-6-18(7-5-17)33-14-16-3-1-2-15(10-16)13-28-23(24(29)30)8-9-34(28,31)32/h1-7,10-12,23H,8-9,13-14H2,(H,29,30)/t23-/m1/s1. The fourth-order valence-electron chi connectivity index (χ4n) is 3.81. The number of rotatable bonds is 7. The third kappa shape index (κ3) is 5.07. The van der Waals surface area contributed by atoms with E-state index in [2.05, 4.69) is 0 Å². The van der Waals surface area contributed by atoms with Crippen molar-refractivity contribution in [3.05, 3.63) is 89.2 Å². The van der Waals surface area contributed by atoms with Crippen molar-refractivity contribution in [3.63, 3.8) is 0 Å². The number of aliphatic carboxylic acids is 1. The summed E-state index contributed by atoms with van der Waals surface area (Å²) in [5.74, 6) is -4.21. The summed E-state index contributed by atoms with van der Waals surface area (Å²) in [6.07, 6.45) is 0.0466. The highest BCUT2D eigenvalue weighted by molar-refractivity contribution is 7.89. The lowest BCUT2D eigenvalue weighted by molar-refractivity contribution is -0.141. The zero-order valence-electron chi connectivity index (χ0n) is 17.7. The minimum atomic E-state index is -3.63. The molecule has 0 unspecified atom stereocenters. The van der Waals surface area contributed by atoms with Crippen LogP contribution in [0.4, 0.5) is 13.2 Å². The molecule has 1 heterocycles. The van der Waals surface area contributed by atoms with E-state index in [4.69, 9.17) is 4.74 Å². The second-order valence-corrected chi connectivity index (χ2v) is 9.92. The van der Waals surface area contributed by atoms with Crippen molar-refractivity contribution in [2.45, 2.75) is 25.6 Å². The monoisotopic (exact) mass is 491 g/mol. The number of ether oxygens (including phenoxy) is 1. The largest absolute Gasteiger partial charge is 0.489 e. The summed E-state index contributed by atoms with van der Waals surface area (Å²) in [6.45, 7) is 0.0868. The lowest BCUT2D eigenvalue weighted by Gasteiger charge is -2.20. The SMILES string of the molecule is O=C(O)[C@H]1CCS(=O)(=O)N1Cc1cccc(COc2ccc(-c3cc(F)c(F)cc3F)cc2)c1. The lowest BCUT2D eigenvalue weighted by atomic mass is 10.0. The van der Waals surface area contributed by atoms with Gasteiger partial charge < -0.3 is 9.84 Å². The van der Waals surface area contributed by atoms with E-state index in [1.54, 1.807) is 36.4 Å². The highest BCUT2D eigenvalue weighted by Gasteiger charge is 2.41. The first-order valence-electron chi connectivity index (χ1n) is 10.3. The van der Waals surface area contributed by atoms with Gasteiger partial charge in [-0.1, -0.05) is 36.4 Å². The van der Waals surface area contributed by atoms with Gasteiger partial charge in [0, 0.05) is 18.2 Å². The van der Waals surface area contributed by atoms with Crippen molar-refractivity contribution in [1.82, 2.24) is 4.31 Å². The number of halogens is 3. The molecule has 1 atom stereocenters. The molecule has 34 heavy (non-hydrogen) atoms. The van der Waals surface area contributed by atoms with Crippen LogP contribution in [0.2, 0.25) is 0 Å². The van der Waals surface area contributed by atoms with Crippen molar-refractivity contribution >= 4 is 16.0 Å². The van der Waals surface area contributed by atoms with Crippen LogP contribution in [-0.2, 0) is 28.0 Å². The maximum absolute atomic E-state index is 14.0. The van der Waals surface area contributed by atoms with Gasteiger partial charge in [-0.05, 0) is 41.3 Å². The number of benzene rings is 3. The molecule has 3 aromatic carbocycles. The molecule has 3 aromatic rings. The van der Waals surface area contributed by atoms with E-state index in [9.17, 15) is 31.5 Å². The van der Waals surface area contributed by atoms with E-state index in [1.165, 1.54) is 12.1 Å². The highest BCUT2D eigenvalue weighted by atomic mass is 32.2. The van der Waals surface area contributed by atoms with Crippen molar-refractivity contribution in [2.24, 2.45) is 0 Å². The molecule has 1 saturated heterocycles. The average Bonchev–Trinajstić information content (AvgIpc) is 3.10. The third-order valence-electron chi connectivity index (χ3n) is 5.55. The van der Waals surface area contributed by atoms with E-state index >= 15 is 0 Å². The number of hydrogen-bond acceptors (Lipinski definition) is 4. The highest BCUT2D eigenvalue weighted by Crippen LogP contribution is 2.28. The quantitative estimate of drug-likeness (QED) is 0.497. The zero-order valence-corrected chi connectivity index (χ0v) is 18.6. The summed E-state index contributed by atoms with van der Waals surface area (Å²) < 4.78 is 71.8. The van der Waals surface area contributed by atoms with Crippen LogP contribution >= 0.6 is 0 Å². The van der Waals surface area contributed by atoms with Crippen LogP contribution in [0.15, 0.2) is 60.7 Å². The predicted octanol–water partition coefficient (Wildman–Crippen LogP) is 4.34. The second-order valence-electron chi connectivity index (χ2n) is 7.88. The first kappa shape index (κ1) is 23.8. The van der Waals surface area contributed by atoms with Gasteiger partial charge in [-0.3, -0.25) is 4.79 Å². The smallest absolute Gasteiger partial charge is 0.322 e. The summed E-state index contributed by atoms with van der Waals surface area (Å²) in [5, 5.41) is 9.31. The van der Waals surface area contributed by atoms with E-state index < -0.39 is 39.5 Å². The van der Waals surface area contributed by atoms with Crippen LogP contribution in [0.25, 0.3) is 11.1 Å². The van der Waals surface area contributed by atoms with Gasteiger partial charge in [0.15, 0.2) is 11.6 Å². The molecular formula is C24H20F3NO5S. The number of hydrogen-bond donors (Lipinski definition) is 1. The molecule has 0 aromatic heterocycles. The van der Waals surface area contributed by atoms with E-state index in [0.717, 1.165) is 15.9 Å². The minimum Gasteiger partial charge on any atom is -0.489 e. The average molecular weight is 491 g/mol. The molecule has 178 valence electrons. The molecule has 0 aliphatic carbocycles. The van der Waals surface area contributed by atoms with Crippen LogP contribution in [-0.4, -0.2) is 35.6 Å². The van der Waals surface area contributed by atoms with Gasteiger partial charge in [0.2, 0.25) is 10.0 Å². The van der Waals surface area contributed by atoms with Crippen LogP contribution in [0.3, 0.4) is 0 Å². The van der Waals surface area contributed by atoms with Crippen LogP contribution in [0.5, 0.6) is 5.75 Å². The number of sulfonamides is 1. The van der Waals surface area contributed by atoms with E-state index in [-0.39, 0.29) is 30.9 Å². The molecule has 1 aliphatic heterocycles. The Morgan fingerprint density at radius 1 is 0.971 bits per heavy atom. The Hall–Kier alpha value is -3.37. The Bertz CT molecular complexity index is 1330. The lowest BCUT2D eigenvalue weighted by Crippen LogP contribution is -2.37. The summed E-state index contributed by atoms with van der Waals surface area (Å²) in [6, 6.07) is 13.3. The number of carbonyl (C=O) groups is 1. The molecule has 0 spiro atoms. The van der Waals surface area contributed by atoms with Crippen LogP contribution in [0, 0.1) is 17.5 Å². The first-order valence-corrected chi connectivity index (χ1v) is 11.9. The molecule has 1 N–H and O–H groups in total. The van der Waals surface area contributed by atoms with Crippen molar-refractivity contribution < 1.29 is 36.2 Å². The third-order valence-corrected chi connectivity index (χ3v) is 7.40. The molecule has 4 rings (SSSR count). The van der Waals surface area contributed by atoms with Gasteiger partial charge in [-0.25, -0.2) is 21.6 Å². The summed E-state index contributed by atoms with van der Waals surface area (Å²) in [4.78, 5) is 11.4. The van der Waals surface area contributed by atoms with Gasteiger partial charge in [-0.2, -0.15) is 4.31 Å². The van der Waals surface area contributed by atoms with Gasteiger partial charge in [0.1, 0.15) is 24.2 Å². The van der Waals surface area contributed by atoms with Gasteiger partial charge in [0.25, 0.3) is 0 Å². The van der Waals surface area contributed by atoms with Crippen molar-refractivity contribution in [2.75, 3.05) is 5.75 Å². The fraction of sp³-hybridized carbons (Fsp3) is 0.208. The summed E-state index contributed by atoms with van der Waals surface area (Å²) in [7, 11) is -3.63. The van der Waals surface area contributed by atoms with Gasteiger partial charge >= 0.3 is 5.97 Å². The van der Waals surface area contributed by atoms with Gasteiger partial charge in [0.05, 0.1) is 5.75 Å². The zero-order chi connectivity index (χ0) is 24.5. The molecule has 1 fully saturated rings. The maximum atomic E-state index is 14.0. The second kappa shape index (κ2) is 9.47. The molecule has 6 nitrogen and oxygen atoms in total. The molecule has 0 amide bonds. The molecule has 0 saturated carbocycles. The van der Waals surface area contributed by atoms with Crippen LogP contribution < -0.4 is 4.74 Å². The van der Waals surface area contributed by atoms with E-state index in [1.807, 2.05) is 0 Å². The molecule has 0 radical (unpaired) electrons. The maximum Gasteiger partial charge on any atom is 0.322 e. The molecular weight excluding hydrogens is 471 g/mol. The molecule has 0 bridgehead atoms. The van der Waals surface area contributed by atoms with Crippen molar-refractivity contribution in [1.29, 1.82) is 0 Å². The fourth-order valence-corrected chi connectivity index (χ4v) is 5.49. The minimum absolute atomic E-state index is 0.0466. The Labute approximate surface area is 194 Å². The summed E-state index contributed by atoms with van der Waals surface area (Å²) in [5.41, 5.74) is 1.64. The molecule has 1 aliphatic rings. The number of nitrogens with zero attached hydrogens (tertiary/aromatic N) is 1. The van der Waals surface area contributed by atoms with E-state index in [0.29, 0.717) is 22.9 Å². The van der Waals surface area contributed by atoms with Gasteiger partial charge in [-0.15, -0.1) is 0 Å². The predicted molar refractivity (Wildman–Crippen MR) is 118 cm³/mol. The Morgan fingerprint density at radius 2 is 1.65 bits per heavy atom.